The van der Waals surface area contributed by atoms with Crippen molar-refractivity contribution in [2.45, 2.75) is 42.5 Å². The van der Waals surface area contributed by atoms with E-state index in [-0.39, 0.29) is 11.1 Å². The Kier molecular flexibility index (Phi) is 5.35. The SMILES string of the molecule is CC(C)c1cn(CC(F)(F)F)c(Sc2cc(Cl)cc(Cl)c2)n1. The highest BCUT2D eigenvalue weighted by atomic mass is 35.5. The maximum absolute atomic E-state index is 12.7. The molecule has 0 amide bonds. The van der Waals surface area contributed by atoms with Gasteiger partial charge in [-0.2, -0.15) is 13.2 Å². The summed E-state index contributed by atoms with van der Waals surface area (Å²) in [4.78, 5) is 4.93. The molecule has 22 heavy (non-hydrogen) atoms. The van der Waals surface area contributed by atoms with Gasteiger partial charge < -0.3 is 4.57 Å². The highest BCUT2D eigenvalue weighted by molar-refractivity contribution is 7.99. The van der Waals surface area contributed by atoms with E-state index in [4.69, 9.17) is 23.2 Å². The molecule has 0 aliphatic carbocycles. The summed E-state index contributed by atoms with van der Waals surface area (Å²) in [6.07, 6.45) is -2.87. The molecule has 0 aliphatic heterocycles. The molecule has 8 heteroatoms. The normalized spacial score (nSPS) is 12.2. The van der Waals surface area contributed by atoms with E-state index in [1.807, 2.05) is 13.8 Å². The third-order valence-electron chi connectivity index (χ3n) is 2.74. The zero-order valence-electron chi connectivity index (χ0n) is 11.8. The molecule has 1 aromatic heterocycles. The average Bonchev–Trinajstić information content (AvgIpc) is 2.68. The van der Waals surface area contributed by atoms with Gasteiger partial charge in [-0.25, -0.2) is 4.98 Å². The van der Waals surface area contributed by atoms with Crippen LogP contribution in [0.5, 0.6) is 0 Å². The summed E-state index contributed by atoms with van der Waals surface area (Å²) >= 11 is 12.9. The lowest BCUT2D eigenvalue weighted by Gasteiger charge is -2.10. The molecule has 0 fully saturated rings. The Morgan fingerprint density at radius 2 is 1.77 bits per heavy atom. The first-order valence-corrected chi connectivity index (χ1v) is 7.99. The van der Waals surface area contributed by atoms with Crippen molar-refractivity contribution in [1.29, 1.82) is 0 Å². The van der Waals surface area contributed by atoms with Crippen LogP contribution < -0.4 is 0 Å². The molecular formula is C14H13Cl2F3N2S. The Balaban J connectivity index is 2.35. The van der Waals surface area contributed by atoms with Crippen LogP contribution in [0, 0.1) is 0 Å². The average molecular weight is 369 g/mol. The Bertz CT molecular complexity index is 648. The Hall–Kier alpha value is -0.850. The van der Waals surface area contributed by atoms with E-state index in [0.717, 1.165) is 16.3 Å². The van der Waals surface area contributed by atoms with Crippen LogP contribution in [0.3, 0.4) is 0 Å². The molecule has 0 saturated heterocycles. The van der Waals surface area contributed by atoms with Crippen molar-refractivity contribution in [3.63, 3.8) is 0 Å². The number of hydrogen-bond donors (Lipinski definition) is 0. The molecule has 2 nitrogen and oxygen atoms in total. The van der Waals surface area contributed by atoms with Crippen molar-refractivity contribution >= 4 is 35.0 Å². The van der Waals surface area contributed by atoms with Gasteiger partial charge in [-0.15, -0.1) is 0 Å². The van der Waals surface area contributed by atoms with E-state index < -0.39 is 12.7 Å². The quantitative estimate of drug-likeness (QED) is 0.655. The molecule has 0 saturated carbocycles. The molecular weight excluding hydrogens is 356 g/mol. The molecule has 0 bridgehead atoms. The monoisotopic (exact) mass is 368 g/mol. The smallest absolute Gasteiger partial charge is 0.316 e. The first kappa shape index (κ1) is 17.5. The van der Waals surface area contributed by atoms with Crippen molar-refractivity contribution in [2.24, 2.45) is 0 Å². The molecule has 0 N–H and O–H groups in total. The third-order valence-corrected chi connectivity index (χ3v) is 4.16. The van der Waals surface area contributed by atoms with Crippen molar-refractivity contribution in [3.05, 3.63) is 40.1 Å². The third kappa shape index (κ3) is 4.83. The summed E-state index contributed by atoms with van der Waals surface area (Å²) in [5.41, 5.74) is 0.611. The highest BCUT2D eigenvalue weighted by Crippen LogP contribution is 2.33. The lowest BCUT2D eigenvalue weighted by atomic mass is 10.2. The first-order chi connectivity index (χ1) is 10.1. The van der Waals surface area contributed by atoms with Gasteiger partial charge in [0.05, 0.1) is 5.69 Å². The molecule has 0 radical (unpaired) electrons. The van der Waals surface area contributed by atoms with E-state index in [9.17, 15) is 13.2 Å². The van der Waals surface area contributed by atoms with E-state index in [2.05, 4.69) is 4.98 Å². The van der Waals surface area contributed by atoms with Crippen LogP contribution in [0.2, 0.25) is 10.0 Å². The van der Waals surface area contributed by atoms with Crippen LogP contribution in [0.1, 0.15) is 25.5 Å². The number of halogens is 5. The molecule has 0 spiro atoms. The molecule has 1 aromatic carbocycles. The zero-order valence-corrected chi connectivity index (χ0v) is 14.1. The van der Waals surface area contributed by atoms with Gasteiger partial charge in [0.2, 0.25) is 0 Å². The molecule has 1 heterocycles. The molecule has 2 rings (SSSR count). The predicted octanol–water partition coefficient (Wildman–Crippen LogP) is 6.03. The summed E-state index contributed by atoms with van der Waals surface area (Å²) in [6.45, 7) is 2.68. The second-order valence-corrected chi connectivity index (χ2v) is 6.97. The number of rotatable bonds is 4. The Labute approximate surface area is 140 Å². The lowest BCUT2D eigenvalue weighted by Crippen LogP contribution is -2.17. The summed E-state index contributed by atoms with van der Waals surface area (Å²) in [5, 5.41) is 1.11. The van der Waals surface area contributed by atoms with E-state index >= 15 is 0 Å². The number of aromatic nitrogens is 2. The van der Waals surface area contributed by atoms with Crippen molar-refractivity contribution < 1.29 is 13.2 Å². The fourth-order valence-electron chi connectivity index (χ4n) is 1.78. The number of alkyl halides is 3. The first-order valence-electron chi connectivity index (χ1n) is 6.42. The topological polar surface area (TPSA) is 17.8 Å². The summed E-state index contributed by atoms with van der Waals surface area (Å²) in [7, 11) is 0. The van der Waals surface area contributed by atoms with E-state index in [1.54, 1.807) is 18.2 Å². The number of nitrogens with zero attached hydrogens (tertiary/aromatic N) is 2. The second kappa shape index (κ2) is 6.72. The predicted molar refractivity (Wildman–Crippen MR) is 83.0 cm³/mol. The van der Waals surface area contributed by atoms with Gasteiger partial charge in [0.25, 0.3) is 0 Å². The zero-order chi connectivity index (χ0) is 16.5. The van der Waals surface area contributed by atoms with E-state index in [1.165, 1.54) is 6.20 Å². The Morgan fingerprint density at radius 3 is 2.27 bits per heavy atom. The second-order valence-electron chi connectivity index (χ2n) is 5.05. The fraction of sp³-hybridized carbons (Fsp3) is 0.357. The fourth-order valence-corrected chi connectivity index (χ4v) is 3.40. The van der Waals surface area contributed by atoms with Crippen LogP contribution in [-0.2, 0) is 6.54 Å². The minimum atomic E-state index is -4.31. The summed E-state index contributed by atoms with van der Waals surface area (Å²) < 4.78 is 39.2. The minimum absolute atomic E-state index is 0.0387. The van der Waals surface area contributed by atoms with Gasteiger partial charge in [0.1, 0.15) is 6.54 Å². The van der Waals surface area contributed by atoms with Gasteiger partial charge in [-0.3, -0.25) is 0 Å². The van der Waals surface area contributed by atoms with Gasteiger partial charge in [0, 0.05) is 21.1 Å². The maximum Gasteiger partial charge on any atom is 0.406 e. The maximum atomic E-state index is 12.7. The highest BCUT2D eigenvalue weighted by Gasteiger charge is 2.29. The molecule has 120 valence electrons. The van der Waals surface area contributed by atoms with Gasteiger partial charge in [0.15, 0.2) is 5.16 Å². The molecule has 0 atom stereocenters. The number of imidazole rings is 1. The number of hydrogen-bond acceptors (Lipinski definition) is 2. The summed E-state index contributed by atoms with van der Waals surface area (Å²) in [5.74, 6) is 0.0387. The van der Waals surface area contributed by atoms with Crippen molar-refractivity contribution in [3.8, 4) is 0 Å². The lowest BCUT2D eigenvalue weighted by molar-refractivity contribution is -0.141. The van der Waals surface area contributed by atoms with Crippen LogP contribution in [0.4, 0.5) is 13.2 Å². The number of benzene rings is 1. The van der Waals surface area contributed by atoms with Crippen LogP contribution in [0.25, 0.3) is 0 Å². The minimum Gasteiger partial charge on any atom is -0.316 e. The standard InChI is InChI=1S/C14H13Cl2F3N2S/c1-8(2)12-6-21(7-14(17,18)19)13(20-12)22-11-4-9(15)3-10(16)5-11/h3-6,8H,7H2,1-2H3. The van der Waals surface area contributed by atoms with Crippen LogP contribution in [-0.4, -0.2) is 15.7 Å². The largest absolute Gasteiger partial charge is 0.406 e. The molecule has 0 aliphatic rings. The van der Waals surface area contributed by atoms with Crippen molar-refractivity contribution in [1.82, 2.24) is 9.55 Å². The van der Waals surface area contributed by atoms with Gasteiger partial charge in [-0.05, 0) is 24.1 Å². The van der Waals surface area contributed by atoms with Gasteiger partial charge >= 0.3 is 6.18 Å². The van der Waals surface area contributed by atoms with Crippen molar-refractivity contribution in [2.75, 3.05) is 0 Å². The van der Waals surface area contributed by atoms with Gasteiger partial charge in [-0.1, -0.05) is 48.8 Å². The molecule has 2 aromatic rings. The van der Waals surface area contributed by atoms with Crippen LogP contribution >= 0.6 is 35.0 Å². The Morgan fingerprint density at radius 1 is 1.18 bits per heavy atom. The van der Waals surface area contributed by atoms with E-state index in [0.29, 0.717) is 20.6 Å². The summed E-state index contributed by atoms with van der Waals surface area (Å²) in [6, 6.07) is 4.84. The molecule has 0 unspecified atom stereocenters. The van der Waals surface area contributed by atoms with Crippen LogP contribution in [0.15, 0.2) is 34.4 Å².